The first-order valence-electron chi connectivity index (χ1n) is 10.3. The zero-order chi connectivity index (χ0) is 24.9. The van der Waals surface area contributed by atoms with Crippen LogP contribution >= 0.6 is 0 Å². The molecule has 0 aliphatic rings. The van der Waals surface area contributed by atoms with E-state index in [2.05, 4.69) is 0 Å². The van der Waals surface area contributed by atoms with Crippen LogP contribution in [-0.2, 0) is 17.4 Å². The summed E-state index contributed by atoms with van der Waals surface area (Å²) < 4.78 is 63.2. The number of methoxy groups -OCH3 is 2. The van der Waals surface area contributed by atoms with Crippen molar-refractivity contribution in [3.05, 3.63) is 89.2 Å². The van der Waals surface area contributed by atoms with E-state index in [0.717, 1.165) is 18.2 Å². The van der Waals surface area contributed by atoms with Crippen molar-refractivity contribution in [2.24, 2.45) is 0 Å². The molecule has 3 aromatic rings. The zero-order valence-corrected chi connectivity index (χ0v) is 18.5. The van der Waals surface area contributed by atoms with Crippen LogP contribution in [0, 0.1) is 5.82 Å². The van der Waals surface area contributed by atoms with Gasteiger partial charge in [-0.05, 0) is 42.3 Å². The van der Waals surface area contributed by atoms with Crippen LogP contribution in [0.3, 0.4) is 0 Å². The topological polar surface area (TPSA) is 59.0 Å². The highest BCUT2D eigenvalue weighted by Crippen LogP contribution is 2.33. The minimum atomic E-state index is -4.45. The number of carbonyl (C=O) groups is 1. The average Bonchev–Trinajstić information content (AvgIpc) is 2.83. The smallest absolute Gasteiger partial charge is 0.416 e. The normalized spacial score (nSPS) is 12.2. The van der Waals surface area contributed by atoms with Crippen molar-refractivity contribution in [1.29, 1.82) is 0 Å². The predicted octanol–water partition coefficient (Wildman–Crippen LogP) is 5.17. The molecule has 0 aliphatic heterocycles. The highest BCUT2D eigenvalue weighted by Gasteiger charge is 2.30. The molecular formula is C25H23F4NO4. The first kappa shape index (κ1) is 25.0. The number of hydrogen-bond acceptors (Lipinski definition) is 4. The molecule has 9 heteroatoms. The van der Waals surface area contributed by atoms with Crippen LogP contribution in [0.15, 0.2) is 66.7 Å². The number of ether oxygens (including phenoxy) is 2. The number of aliphatic hydroxyl groups is 1. The minimum absolute atomic E-state index is 0.00515. The molecule has 0 aliphatic carbocycles. The van der Waals surface area contributed by atoms with Crippen molar-refractivity contribution in [2.75, 3.05) is 25.7 Å². The Labute approximate surface area is 194 Å². The van der Waals surface area contributed by atoms with Crippen LogP contribution in [0.1, 0.15) is 22.8 Å². The number of benzene rings is 3. The molecule has 1 N–H and O–H groups in total. The number of anilines is 1. The summed E-state index contributed by atoms with van der Waals surface area (Å²) in [5, 5.41) is 10.6. The predicted molar refractivity (Wildman–Crippen MR) is 118 cm³/mol. The molecule has 1 amide bonds. The monoisotopic (exact) mass is 477 g/mol. The van der Waals surface area contributed by atoms with Crippen molar-refractivity contribution < 1.29 is 36.9 Å². The van der Waals surface area contributed by atoms with E-state index in [1.54, 1.807) is 12.1 Å². The van der Waals surface area contributed by atoms with E-state index in [9.17, 15) is 27.5 Å². The summed E-state index contributed by atoms with van der Waals surface area (Å²) >= 11 is 0. The molecule has 0 aromatic heterocycles. The van der Waals surface area contributed by atoms with Crippen LogP contribution in [-0.4, -0.2) is 31.8 Å². The van der Waals surface area contributed by atoms with Gasteiger partial charge < -0.3 is 19.5 Å². The Morgan fingerprint density at radius 3 is 2.21 bits per heavy atom. The van der Waals surface area contributed by atoms with E-state index in [1.165, 1.54) is 55.5 Å². The second-order valence-corrected chi connectivity index (χ2v) is 7.40. The van der Waals surface area contributed by atoms with Gasteiger partial charge in [0.15, 0.2) is 17.6 Å². The molecule has 34 heavy (non-hydrogen) atoms. The van der Waals surface area contributed by atoms with Crippen LogP contribution < -0.4 is 14.4 Å². The number of nitrogens with zero attached hydrogens (tertiary/aromatic N) is 1. The van der Waals surface area contributed by atoms with E-state index < -0.39 is 29.6 Å². The van der Waals surface area contributed by atoms with Crippen molar-refractivity contribution in [3.8, 4) is 11.5 Å². The molecular weight excluding hydrogens is 454 g/mol. The molecule has 0 saturated carbocycles. The number of halogens is 4. The molecule has 3 rings (SSSR count). The molecule has 3 aromatic carbocycles. The molecule has 0 spiro atoms. The van der Waals surface area contributed by atoms with Crippen LogP contribution in [0.2, 0.25) is 0 Å². The maximum Gasteiger partial charge on any atom is 0.416 e. The molecule has 0 saturated heterocycles. The van der Waals surface area contributed by atoms with Gasteiger partial charge in [-0.3, -0.25) is 4.79 Å². The van der Waals surface area contributed by atoms with Gasteiger partial charge in [0, 0.05) is 23.9 Å². The molecule has 0 fully saturated rings. The fourth-order valence-electron chi connectivity index (χ4n) is 3.44. The Kier molecular flexibility index (Phi) is 7.78. The molecule has 1 atom stereocenters. The lowest BCUT2D eigenvalue weighted by atomic mass is 10.1. The summed E-state index contributed by atoms with van der Waals surface area (Å²) in [6.45, 7) is 0.00515. The van der Waals surface area contributed by atoms with Gasteiger partial charge in [0.2, 0.25) is 0 Å². The van der Waals surface area contributed by atoms with Crippen molar-refractivity contribution >= 4 is 11.6 Å². The number of carbonyl (C=O) groups excluding carboxylic acids is 1. The molecule has 0 heterocycles. The Morgan fingerprint density at radius 2 is 1.62 bits per heavy atom. The van der Waals surface area contributed by atoms with Gasteiger partial charge in [-0.2, -0.15) is 13.2 Å². The number of aliphatic hydroxyl groups excluding tert-OH is 1. The minimum Gasteiger partial charge on any atom is -0.493 e. The molecule has 0 radical (unpaired) electrons. The van der Waals surface area contributed by atoms with E-state index in [4.69, 9.17) is 9.47 Å². The Bertz CT molecular complexity index is 1130. The van der Waals surface area contributed by atoms with E-state index >= 15 is 0 Å². The molecule has 180 valence electrons. The number of alkyl halides is 3. The first-order chi connectivity index (χ1) is 16.2. The van der Waals surface area contributed by atoms with Crippen LogP contribution in [0.25, 0.3) is 0 Å². The SMILES string of the molecule is COc1ccc(N(CCc2ccc(C(F)(F)F)cc2)C(=O)C(O)c2ccccc2F)cc1OC. The highest BCUT2D eigenvalue weighted by molar-refractivity contribution is 5.97. The standard InChI is InChI=1S/C25H23F4NO4/c1-33-21-12-11-18(15-22(21)34-2)30(24(32)23(31)19-5-3-4-6-20(19)26)14-13-16-7-9-17(10-8-16)25(27,28)29/h3-12,15,23,31H,13-14H2,1-2H3. The van der Waals surface area contributed by atoms with Gasteiger partial charge in [0.1, 0.15) is 5.82 Å². The van der Waals surface area contributed by atoms with Gasteiger partial charge in [-0.25, -0.2) is 4.39 Å². The van der Waals surface area contributed by atoms with Gasteiger partial charge >= 0.3 is 6.18 Å². The molecule has 1 unspecified atom stereocenters. The second kappa shape index (κ2) is 10.6. The number of amides is 1. The summed E-state index contributed by atoms with van der Waals surface area (Å²) in [5.74, 6) is -0.800. The fraction of sp³-hybridized carbons (Fsp3) is 0.240. The summed E-state index contributed by atoms with van der Waals surface area (Å²) in [5.41, 5.74) is -0.0804. The lowest BCUT2D eigenvalue weighted by Gasteiger charge is -2.26. The summed E-state index contributed by atoms with van der Waals surface area (Å²) in [4.78, 5) is 14.5. The van der Waals surface area contributed by atoms with E-state index in [1.807, 2.05) is 0 Å². The first-order valence-corrected chi connectivity index (χ1v) is 10.3. The molecule has 0 bridgehead atoms. The maximum absolute atomic E-state index is 14.2. The highest BCUT2D eigenvalue weighted by atomic mass is 19.4. The number of rotatable bonds is 8. The Morgan fingerprint density at radius 1 is 0.971 bits per heavy atom. The maximum atomic E-state index is 14.2. The third-order valence-electron chi connectivity index (χ3n) is 5.28. The summed E-state index contributed by atoms with van der Waals surface area (Å²) in [6, 6.07) is 14.6. The summed E-state index contributed by atoms with van der Waals surface area (Å²) in [7, 11) is 2.87. The quantitative estimate of drug-likeness (QED) is 0.455. The largest absolute Gasteiger partial charge is 0.493 e. The van der Waals surface area contributed by atoms with E-state index in [0.29, 0.717) is 22.7 Å². The van der Waals surface area contributed by atoms with E-state index in [-0.39, 0.29) is 18.5 Å². The number of hydrogen-bond donors (Lipinski definition) is 1. The zero-order valence-electron chi connectivity index (χ0n) is 18.5. The fourth-order valence-corrected chi connectivity index (χ4v) is 3.44. The van der Waals surface area contributed by atoms with Gasteiger partial charge in [-0.1, -0.05) is 30.3 Å². The van der Waals surface area contributed by atoms with Gasteiger partial charge in [0.05, 0.1) is 19.8 Å². The van der Waals surface area contributed by atoms with Gasteiger partial charge in [-0.15, -0.1) is 0 Å². The third kappa shape index (κ3) is 5.66. The van der Waals surface area contributed by atoms with Crippen LogP contribution in [0.4, 0.5) is 23.2 Å². The Balaban J connectivity index is 1.92. The Hall–Kier alpha value is -3.59. The van der Waals surface area contributed by atoms with Crippen LogP contribution in [0.5, 0.6) is 11.5 Å². The van der Waals surface area contributed by atoms with Crippen molar-refractivity contribution in [3.63, 3.8) is 0 Å². The van der Waals surface area contributed by atoms with Gasteiger partial charge in [0.25, 0.3) is 5.91 Å². The van der Waals surface area contributed by atoms with Crippen molar-refractivity contribution in [1.82, 2.24) is 0 Å². The lowest BCUT2D eigenvalue weighted by molar-refractivity contribution is -0.137. The van der Waals surface area contributed by atoms with Crippen molar-refractivity contribution in [2.45, 2.75) is 18.7 Å². The second-order valence-electron chi connectivity index (χ2n) is 7.40. The average molecular weight is 477 g/mol. The summed E-state index contributed by atoms with van der Waals surface area (Å²) in [6.07, 6.45) is -6.06. The molecule has 5 nitrogen and oxygen atoms in total. The lowest BCUT2D eigenvalue weighted by Crippen LogP contribution is -2.37. The third-order valence-corrected chi connectivity index (χ3v) is 5.28.